The molecule has 2 heteroatoms. The Hall–Kier alpha value is -0.732. The van der Waals surface area contributed by atoms with Gasteiger partial charge in [0.15, 0.2) is 0 Å². The average molecular weight is 179 g/mol. The van der Waals surface area contributed by atoms with Crippen LogP contribution in [-0.4, -0.2) is 16.9 Å². The van der Waals surface area contributed by atoms with E-state index in [0.717, 1.165) is 9.91 Å². The van der Waals surface area contributed by atoms with Crippen LogP contribution in [0.25, 0.3) is 0 Å². The Balaban J connectivity index is 3.20. The van der Waals surface area contributed by atoms with Gasteiger partial charge in [-0.25, -0.2) is 0 Å². The first-order valence-electron chi connectivity index (χ1n) is 2.59. The summed E-state index contributed by atoms with van der Waals surface area (Å²) in [6.07, 6.45) is 0. The summed E-state index contributed by atoms with van der Waals surface area (Å²) in [6, 6.07) is 9.72. The topological polar surface area (TPSA) is 23.8 Å². The molecule has 1 rings (SSSR count). The van der Waals surface area contributed by atoms with Crippen molar-refractivity contribution in [2.75, 3.05) is 0 Å². The molecule has 0 radical (unpaired) electrons. The molecule has 0 N–H and O–H groups in total. The number of hydrogen-bond acceptors (Lipinski definition) is 1. The summed E-state index contributed by atoms with van der Waals surface area (Å²) >= 11 is 1.49. The Labute approximate surface area is 62.8 Å². The zero-order valence-corrected chi connectivity index (χ0v) is 7.26. The van der Waals surface area contributed by atoms with E-state index < -0.39 is 0 Å². The molecule has 1 aromatic rings. The Morgan fingerprint density at radius 1 is 1.33 bits per heavy atom. The van der Waals surface area contributed by atoms with E-state index in [1.165, 1.54) is 16.9 Å². The monoisotopic (exact) mass is 179 g/mol. The molecular formula is C7H6AsN. The van der Waals surface area contributed by atoms with Crippen LogP contribution in [0, 0.1) is 11.3 Å². The standard InChI is InChI=1S/C7H6AsN/c8-7-4-2-1-3-6(7)5-9/h1-4H,8H2. The number of hydrogen-bond donors (Lipinski definition) is 0. The van der Waals surface area contributed by atoms with Gasteiger partial charge in [-0.1, -0.05) is 0 Å². The molecule has 0 amide bonds. The molecule has 9 heavy (non-hydrogen) atoms. The second-order valence-electron chi connectivity index (χ2n) is 1.70. The van der Waals surface area contributed by atoms with Crippen LogP contribution in [0.15, 0.2) is 24.3 Å². The Kier molecular flexibility index (Phi) is 1.92. The predicted octanol–water partition coefficient (Wildman–Crippen LogP) is -0.183. The molecule has 1 nitrogen and oxygen atoms in total. The molecule has 0 aliphatic rings. The van der Waals surface area contributed by atoms with Gasteiger partial charge in [-0.2, -0.15) is 0 Å². The van der Waals surface area contributed by atoms with Crippen LogP contribution < -0.4 is 4.35 Å². The quantitative estimate of drug-likeness (QED) is 0.506. The van der Waals surface area contributed by atoms with Gasteiger partial charge in [0.1, 0.15) is 0 Å². The van der Waals surface area contributed by atoms with E-state index in [9.17, 15) is 0 Å². The molecule has 0 aliphatic heterocycles. The van der Waals surface area contributed by atoms with Gasteiger partial charge < -0.3 is 0 Å². The van der Waals surface area contributed by atoms with Crippen LogP contribution >= 0.6 is 0 Å². The Bertz CT molecular complexity index is 249. The van der Waals surface area contributed by atoms with Crippen molar-refractivity contribution in [2.24, 2.45) is 0 Å². The first-order valence-corrected chi connectivity index (χ1v) is 3.80. The van der Waals surface area contributed by atoms with Gasteiger partial charge >= 0.3 is 62.4 Å². The van der Waals surface area contributed by atoms with E-state index in [0.29, 0.717) is 0 Å². The number of benzene rings is 1. The molecule has 0 aliphatic carbocycles. The van der Waals surface area contributed by atoms with E-state index in [2.05, 4.69) is 6.07 Å². The van der Waals surface area contributed by atoms with Gasteiger partial charge in [0, 0.05) is 0 Å². The normalized spacial score (nSPS) is 8.44. The fourth-order valence-corrected chi connectivity index (χ4v) is 1.17. The summed E-state index contributed by atoms with van der Waals surface area (Å²) < 4.78 is 1.10. The maximum absolute atomic E-state index is 8.48. The first-order chi connectivity index (χ1) is 4.34. The molecular weight excluding hydrogens is 173 g/mol. The predicted molar refractivity (Wildman–Crippen MR) is 39.3 cm³/mol. The molecule has 0 saturated heterocycles. The van der Waals surface area contributed by atoms with Crippen LogP contribution in [0.3, 0.4) is 0 Å². The van der Waals surface area contributed by atoms with E-state index in [1.807, 2.05) is 24.3 Å². The van der Waals surface area contributed by atoms with E-state index in [-0.39, 0.29) is 0 Å². The summed E-state index contributed by atoms with van der Waals surface area (Å²) in [4.78, 5) is 0. The number of nitrogens with zero attached hydrogens (tertiary/aromatic N) is 1. The average Bonchev–Trinajstić information content (AvgIpc) is 1.89. The van der Waals surface area contributed by atoms with Gasteiger partial charge in [0.05, 0.1) is 0 Å². The molecule has 1 atom stereocenters. The van der Waals surface area contributed by atoms with Crippen LogP contribution in [0.4, 0.5) is 0 Å². The summed E-state index contributed by atoms with van der Waals surface area (Å²) in [7, 11) is 0. The molecule has 0 heterocycles. The van der Waals surface area contributed by atoms with Crippen molar-refractivity contribution in [3.05, 3.63) is 29.8 Å². The van der Waals surface area contributed by atoms with Crippen LogP contribution in [0.2, 0.25) is 0 Å². The zero-order chi connectivity index (χ0) is 6.69. The van der Waals surface area contributed by atoms with Crippen LogP contribution in [0.5, 0.6) is 0 Å². The molecule has 0 saturated carbocycles. The molecule has 1 aromatic carbocycles. The summed E-state index contributed by atoms with van der Waals surface area (Å²) in [5.41, 5.74) is 0.789. The van der Waals surface area contributed by atoms with Crippen molar-refractivity contribution < 1.29 is 0 Å². The minimum atomic E-state index is 0.789. The minimum absolute atomic E-state index is 0.789. The van der Waals surface area contributed by atoms with Gasteiger partial charge in [-0.15, -0.1) is 0 Å². The summed E-state index contributed by atoms with van der Waals surface area (Å²) in [5, 5.41) is 8.48. The van der Waals surface area contributed by atoms with Crippen molar-refractivity contribution in [1.82, 2.24) is 0 Å². The molecule has 1 unspecified atom stereocenters. The fraction of sp³-hybridized carbons (Fsp3) is 0. The van der Waals surface area contributed by atoms with Gasteiger partial charge in [-0.3, -0.25) is 0 Å². The van der Waals surface area contributed by atoms with E-state index in [4.69, 9.17) is 5.26 Å². The molecule has 0 bridgehead atoms. The van der Waals surface area contributed by atoms with Gasteiger partial charge in [-0.05, 0) is 0 Å². The Morgan fingerprint density at radius 2 is 2.00 bits per heavy atom. The number of rotatable bonds is 0. The third-order valence-electron chi connectivity index (χ3n) is 1.08. The van der Waals surface area contributed by atoms with Gasteiger partial charge in [0.25, 0.3) is 0 Å². The molecule has 0 aromatic heterocycles. The van der Waals surface area contributed by atoms with E-state index in [1.54, 1.807) is 0 Å². The van der Waals surface area contributed by atoms with E-state index >= 15 is 0 Å². The summed E-state index contributed by atoms with van der Waals surface area (Å²) in [6.45, 7) is 0. The number of nitriles is 1. The summed E-state index contributed by atoms with van der Waals surface area (Å²) in [5.74, 6) is 0. The van der Waals surface area contributed by atoms with Crippen molar-refractivity contribution in [2.45, 2.75) is 0 Å². The molecule has 0 spiro atoms. The van der Waals surface area contributed by atoms with Crippen LogP contribution in [-0.2, 0) is 0 Å². The molecule has 0 fully saturated rings. The maximum atomic E-state index is 8.48. The molecule has 44 valence electrons. The van der Waals surface area contributed by atoms with Crippen LogP contribution in [0.1, 0.15) is 5.56 Å². The second-order valence-corrected chi connectivity index (χ2v) is 3.00. The van der Waals surface area contributed by atoms with Crippen molar-refractivity contribution in [3.63, 3.8) is 0 Å². The van der Waals surface area contributed by atoms with Crippen molar-refractivity contribution in [3.8, 4) is 6.07 Å². The van der Waals surface area contributed by atoms with Crippen molar-refractivity contribution in [1.29, 1.82) is 5.26 Å². The SMILES string of the molecule is N#Cc1ccccc1[AsH2]. The first kappa shape index (κ1) is 6.39. The van der Waals surface area contributed by atoms with Crippen molar-refractivity contribution >= 4 is 21.2 Å². The second kappa shape index (κ2) is 2.71. The third-order valence-corrected chi connectivity index (χ3v) is 2.14. The Morgan fingerprint density at radius 3 is 2.44 bits per heavy atom. The third kappa shape index (κ3) is 1.34. The fourth-order valence-electron chi connectivity index (χ4n) is 0.599. The zero-order valence-electron chi connectivity index (χ0n) is 4.83. The van der Waals surface area contributed by atoms with Gasteiger partial charge in [0.2, 0.25) is 0 Å².